The molecule has 0 radical (unpaired) electrons. The van der Waals surface area contributed by atoms with Crippen molar-refractivity contribution < 1.29 is 32.3 Å². The third-order valence-electron chi connectivity index (χ3n) is 10.3. The number of aryl methyl sites for hydroxylation is 1. The van der Waals surface area contributed by atoms with Gasteiger partial charge >= 0.3 is 12.1 Å². The minimum atomic E-state index is -3.86. The van der Waals surface area contributed by atoms with Gasteiger partial charge in [-0.1, -0.05) is 13.0 Å². The van der Waals surface area contributed by atoms with Gasteiger partial charge in [-0.15, -0.1) is 0 Å². The number of imide groups is 1. The molecule has 3 aromatic rings. The normalized spacial score (nSPS) is 19.0. The van der Waals surface area contributed by atoms with Crippen LogP contribution in [0.3, 0.4) is 0 Å². The summed E-state index contributed by atoms with van der Waals surface area (Å²) in [5, 5.41) is 20.4. The quantitative estimate of drug-likeness (QED) is 0.267. The van der Waals surface area contributed by atoms with Gasteiger partial charge in [-0.05, 0) is 107 Å². The van der Waals surface area contributed by atoms with Crippen molar-refractivity contribution in [1.82, 2.24) is 29.6 Å². The van der Waals surface area contributed by atoms with Crippen LogP contribution in [-0.4, -0.2) is 96.3 Å². The molecular formula is C39H50N8O7S. The summed E-state index contributed by atoms with van der Waals surface area (Å²) >= 11 is 0. The molecule has 3 fully saturated rings. The van der Waals surface area contributed by atoms with Crippen LogP contribution < -0.4 is 20.3 Å². The standard InChI is InChI=1S/C39H50N8O7S/c1-26(25-45-16-10-27(11-17-45)28-7-9-32-33(22-28)44(5)43-36(32)47-20-14-35(48)42-37(47)49)15-21-53-34-23-31(8-6-29(34)24-40)55(51,52)46-18-12-30(13-19-46)41-38(50)54-39(2,3)4/h6-9,15,21-23,26-27,30H,10-14,16-20,25H2,1-5H3,(H,41,50)(H,42,48,49)/b21-15+/t26-/m0/s1. The molecule has 1 atom stereocenters. The SMILES string of the molecule is C[C@@H](/C=C/Oc1cc(S(=O)(=O)N2CCC(NC(=O)OC(C)(C)C)CC2)ccc1C#N)CN1CCC(c2ccc3c(N4CCC(=O)NC4=O)nn(C)c3c2)CC1. The lowest BCUT2D eigenvalue weighted by atomic mass is 9.88. The predicted molar refractivity (Wildman–Crippen MR) is 206 cm³/mol. The minimum Gasteiger partial charge on any atom is -0.464 e. The van der Waals surface area contributed by atoms with E-state index >= 15 is 0 Å². The van der Waals surface area contributed by atoms with Crippen molar-refractivity contribution in [3.8, 4) is 11.8 Å². The van der Waals surface area contributed by atoms with Crippen LogP contribution in [0, 0.1) is 17.2 Å². The zero-order chi connectivity index (χ0) is 39.5. The first-order chi connectivity index (χ1) is 26.1. The summed E-state index contributed by atoms with van der Waals surface area (Å²) in [5.41, 5.74) is 1.78. The van der Waals surface area contributed by atoms with Crippen LogP contribution in [0.25, 0.3) is 10.9 Å². The Bertz CT molecular complexity index is 2100. The number of alkyl carbamates (subject to hydrolysis) is 1. The van der Waals surface area contributed by atoms with Crippen LogP contribution in [-0.2, 0) is 26.6 Å². The fraction of sp³-hybridized carbons (Fsp3) is 0.513. The lowest BCUT2D eigenvalue weighted by Gasteiger charge is -2.33. The Labute approximate surface area is 322 Å². The molecule has 4 heterocycles. The number of hydrogen-bond acceptors (Lipinski definition) is 10. The van der Waals surface area contributed by atoms with Crippen molar-refractivity contribution in [1.29, 1.82) is 5.26 Å². The van der Waals surface area contributed by atoms with Crippen molar-refractivity contribution in [2.45, 2.75) is 82.3 Å². The second-order valence-corrected chi connectivity index (χ2v) is 17.5. The number of likely N-dealkylation sites (tertiary alicyclic amines) is 1. The molecule has 294 valence electrons. The number of anilines is 1. The molecule has 1 aromatic heterocycles. The molecule has 3 saturated heterocycles. The highest BCUT2D eigenvalue weighted by molar-refractivity contribution is 7.89. The Morgan fingerprint density at radius 3 is 2.47 bits per heavy atom. The number of urea groups is 1. The number of hydrogen-bond donors (Lipinski definition) is 2. The zero-order valence-corrected chi connectivity index (χ0v) is 32.9. The van der Waals surface area contributed by atoms with Crippen molar-refractivity contribution >= 4 is 44.8 Å². The third-order valence-corrected chi connectivity index (χ3v) is 12.2. The maximum atomic E-state index is 13.5. The molecule has 0 unspecified atom stereocenters. The minimum absolute atomic E-state index is 0.0412. The number of benzene rings is 2. The number of rotatable bonds is 10. The Morgan fingerprint density at radius 1 is 1.07 bits per heavy atom. The smallest absolute Gasteiger partial charge is 0.407 e. The molecule has 2 N–H and O–H groups in total. The number of aromatic nitrogens is 2. The summed E-state index contributed by atoms with van der Waals surface area (Å²) in [4.78, 5) is 40.3. The molecule has 0 spiro atoms. The molecule has 6 rings (SSSR count). The monoisotopic (exact) mass is 774 g/mol. The number of sulfonamides is 1. The van der Waals surface area contributed by atoms with E-state index in [0.717, 1.165) is 43.4 Å². The van der Waals surface area contributed by atoms with Crippen LogP contribution in [0.5, 0.6) is 5.75 Å². The topological polar surface area (TPSA) is 179 Å². The van der Waals surface area contributed by atoms with Gasteiger partial charge in [-0.25, -0.2) is 18.0 Å². The summed E-state index contributed by atoms with van der Waals surface area (Å²) < 4.78 is 41.5. The van der Waals surface area contributed by atoms with Crippen molar-refractivity contribution in [3.63, 3.8) is 0 Å². The molecule has 15 nitrogen and oxygen atoms in total. The van der Waals surface area contributed by atoms with E-state index in [1.807, 2.05) is 19.2 Å². The highest BCUT2D eigenvalue weighted by Crippen LogP contribution is 2.34. The van der Waals surface area contributed by atoms with E-state index in [1.165, 1.54) is 39.2 Å². The summed E-state index contributed by atoms with van der Waals surface area (Å²) in [7, 11) is -1.99. The number of amides is 4. The van der Waals surface area contributed by atoms with Crippen molar-refractivity contribution in [2.24, 2.45) is 13.0 Å². The number of nitrogens with one attached hydrogen (secondary N) is 2. The third kappa shape index (κ3) is 9.46. The van der Waals surface area contributed by atoms with E-state index in [0.29, 0.717) is 31.1 Å². The molecule has 55 heavy (non-hydrogen) atoms. The van der Waals surface area contributed by atoms with E-state index in [9.17, 15) is 28.1 Å². The average Bonchev–Trinajstić information content (AvgIpc) is 3.46. The first kappa shape index (κ1) is 39.7. The summed E-state index contributed by atoms with van der Waals surface area (Å²) in [6, 6.07) is 12.0. The summed E-state index contributed by atoms with van der Waals surface area (Å²) in [5.74, 6) is 0.967. The maximum Gasteiger partial charge on any atom is 0.407 e. The Hall–Kier alpha value is -4.98. The number of piperidine rings is 2. The first-order valence-electron chi connectivity index (χ1n) is 18.8. The van der Waals surface area contributed by atoms with E-state index in [-0.39, 0.29) is 53.6 Å². The molecule has 3 aliphatic heterocycles. The lowest BCUT2D eigenvalue weighted by Crippen LogP contribution is -2.49. The van der Waals surface area contributed by atoms with Gasteiger partial charge in [0.25, 0.3) is 0 Å². The number of fused-ring (bicyclic) bond motifs is 1. The molecule has 4 amide bonds. The number of nitriles is 1. The van der Waals surface area contributed by atoms with Gasteiger partial charge in [0.15, 0.2) is 5.82 Å². The number of nitrogens with zero attached hydrogens (tertiary/aromatic N) is 6. The van der Waals surface area contributed by atoms with E-state index < -0.39 is 27.7 Å². The lowest BCUT2D eigenvalue weighted by molar-refractivity contribution is -0.120. The van der Waals surface area contributed by atoms with Crippen LogP contribution in [0.2, 0.25) is 0 Å². The van der Waals surface area contributed by atoms with Gasteiger partial charge in [0, 0.05) is 57.1 Å². The van der Waals surface area contributed by atoms with Gasteiger partial charge in [-0.2, -0.15) is 14.7 Å². The van der Waals surface area contributed by atoms with Crippen LogP contribution in [0.4, 0.5) is 15.4 Å². The highest BCUT2D eigenvalue weighted by atomic mass is 32.2. The van der Waals surface area contributed by atoms with E-state index in [4.69, 9.17) is 9.47 Å². The molecule has 2 aromatic carbocycles. The predicted octanol–water partition coefficient (Wildman–Crippen LogP) is 4.98. The van der Waals surface area contributed by atoms with E-state index in [1.54, 1.807) is 25.5 Å². The number of ether oxygens (including phenoxy) is 2. The largest absolute Gasteiger partial charge is 0.464 e. The number of carbonyl (C=O) groups is 3. The summed E-state index contributed by atoms with van der Waals surface area (Å²) in [6.07, 6.45) is 6.05. The highest BCUT2D eigenvalue weighted by Gasteiger charge is 2.32. The molecule has 16 heteroatoms. The fourth-order valence-electron chi connectivity index (χ4n) is 7.36. The summed E-state index contributed by atoms with van der Waals surface area (Å²) in [6.45, 7) is 10.9. The fourth-order valence-corrected chi connectivity index (χ4v) is 8.84. The molecule has 0 bridgehead atoms. The molecule has 0 aliphatic carbocycles. The Morgan fingerprint density at radius 2 is 1.80 bits per heavy atom. The van der Waals surface area contributed by atoms with Gasteiger partial charge in [0.2, 0.25) is 15.9 Å². The van der Waals surface area contributed by atoms with Crippen LogP contribution in [0.1, 0.15) is 76.8 Å². The second-order valence-electron chi connectivity index (χ2n) is 15.6. The van der Waals surface area contributed by atoms with Crippen LogP contribution in [0.15, 0.2) is 53.6 Å². The van der Waals surface area contributed by atoms with Crippen molar-refractivity contribution in [2.75, 3.05) is 44.2 Å². The molecule has 0 saturated carbocycles. The molecule has 3 aliphatic rings. The van der Waals surface area contributed by atoms with E-state index in [2.05, 4.69) is 45.8 Å². The molecular weight excluding hydrogens is 725 g/mol. The van der Waals surface area contributed by atoms with Crippen LogP contribution >= 0.6 is 0 Å². The van der Waals surface area contributed by atoms with Gasteiger partial charge in [0.1, 0.15) is 17.4 Å². The first-order valence-corrected chi connectivity index (χ1v) is 20.2. The van der Waals surface area contributed by atoms with Gasteiger partial charge in [-0.3, -0.25) is 19.7 Å². The second kappa shape index (κ2) is 16.4. The Kier molecular flexibility index (Phi) is 11.8. The zero-order valence-electron chi connectivity index (χ0n) is 32.1. The Balaban J connectivity index is 0.999. The maximum absolute atomic E-state index is 13.5. The van der Waals surface area contributed by atoms with Gasteiger partial charge < -0.3 is 19.7 Å². The van der Waals surface area contributed by atoms with Crippen molar-refractivity contribution in [3.05, 3.63) is 59.9 Å². The van der Waals surface area contributed by atoms with Gasteiger partial charge in [0.05, 0.1) is 22.2 Å². The average molecular weight is 775 g/mol. The number of carbonyl (C=O) groups excluding carboxylic acids is 3.